The van der Waals surface area contributed by atoms with Crippen molar-refractivity contribution in [1.82, 2.24) is 10.2 Å². The second-order valence-electron chi connectivity index (χ2n) is 11.8. The quantitative estimate of drug-likeness (QED) is 0.344. The van der Waals surface area contributed by atoms with Gasteiger partial charge in [0.05, 0.1) is 25.4 Å². The monoisotopic (exact) mass is 597 g/mol. The Hall–Kier alpha value is -3.51. The van der Waals surface area contributed by atoms with Crippen molar-refractivity contribution in [2.45, 2.75) is 83.7 Å². The van der Waals surface area contributed by atoms with Gasteiger partial charge in [0.15, 0.2) is 6.29 Å². The average Bonchev–Trinajstić information content (AvgIpc) is 3.44. The van der Waals surface area contributed by atoms with E-state index in [4.69, 9.17) is 18.9 Å². The number of ether oxygens (including phenoxy) is 4. The second-order valence-corrected chi connectivity index (χ2v) is 11.8. The van der Waals surface area contributed by atoms with Crippen LogP contribution in [-0.4, -0.2) is 72.0 Å². The molecule has 4 unspecified atom stereocenters. The van der Waals surface area contributed by atoms with Crippen molar-refractivity contribution in [2.75, 3.05) is 31.6 Å². The van der Waals surface area contributed by atoms with Gasteiger partial charge in [-0.3, -0.25) is 14.5 Å². The Bertz CT molecular complexity index is 1230. The fourth-order valence-electron chi connectivity index (χ4n) is 5.24. The first-order chi connectivity index (χ1) is 20.5. The Morgan fingerprint density at radius 1 is 1.02 bits per heavy atom. The Kier molecular flexibility index (Phi) is 11.1. The molecule has 0 spiro atoms. The van der Waals surface area contributed by atoms with Crippen LogP contribution in [0.1, 0.15) is 76.0 Å². The molecular weight excluding hydrogens is 554 g/mol. The largest absolute Gasteiger partial charge is 0.465 e. The number of rotatable bonds is 10. The van der Waals surface area contributed by atoms with Crippen LogP contribution in [0.4, 0.5) is 10.5 Å². The molecule has 11 heteroatoms. The van der Waals surface area contributed by atoms with E-state index in [0.717, 1.165) is 36.1 Å². The molecule has 43 heavy (non-hydrogen) atoms. The van der Waals surface area contributed by atoms with E-state index in [2.05, 4.69) is 15.5 Å². The number of esters is 2. The summed E-state index contributed by atoms with van der Waals surface area (Å²) >= 11 is 0. The summed E-state index contributed by atoms with van der Waals surface area (Å²) in [7, 11) is 0. The van der Waals surface area contributed by atoms with E-state index in [-0.39, 0.29) is 44.0 Å². The minimum absolute atomic E-state index is 0.0393. The number of aliphatic hydroxyl groups is 1. The molecule has 2 heterocycles. The van der Waals surface area contributed by atoms with Gasteiger partial charge in [0, 0.05) is 24.2 Å². The van der Waals surface area contributed by atoms with Crippen molar-refractivity contribution >= 4 is 23.7 Å². The number of aliphatic hydroxyl groups excluding tert-OH is 1. The van der Waals surface area contributed by atoms with Crippen molar-refractivity contribution in [1.29, 1.82) is 0 Å². The van der Waals surface area contributed by atoms with E-state index >= 15 is 0 Å². The Morgan fingerprint density at radius 3 is 2.37 bits per heavy atom. The van der Waals surface area contributed by atoms with E-state index in [0.29, 0.717) is 18.7 Å². The van der Waals surface area contributed by atoms with Gasteiger partial charge in [-0.2, -0.15) is 0 Å². The SMILES string of the molecule is CCOC(=O)CNC(=O)Nc1ccc(C2OC(CN3CCCC3C(=O)OC(C)(C)C)CC(c3ccc(CO)cc3)O2)cc1. The maximum Gasteiger partial charge on any atom is 0.325 e. The van der Waals surface area contributed by atoms with Crippen LogP contribution in [0.15, 0.2) is 48.5 Å². The third-order valence-electron chi connectivity index (χ3n) is 7.23. The first kappa shape index (κ1) is 32.4. The van der Waals surface area contributed by atoms with Gasteiger partial charge < -0.3 is 34.7 Å². The number of nitrogens with zero attached hydrogens (tertiary/aromatic N) is 1. The lowest BCUT2D eigenvalue weighted by Crippen LogP contribution is -2.45. The molecule has 2 aliphatic heterocycles. The van der Waals surface area contributed by atoms with Gasteiger partial charge in [-0.25, -0.2) is 4.79 Å². The highest BCUT2D eigenvalue weighted by molar-refractivity contribution is 5.91. The smallest absolute Gasteiger partial charge is 0.325 e. The summed E-state index contributed by atoms with van der Waals surface area (Å²) in [5, 5.41) is 14.6. The van der Waals surface area contributed by atoms with Crippen molar-refractivity contribution < 1.29 is 38.4 Å². The van der Waals surface area contributed by atoms with Gasteiger partial charge in [-0.05, 0) is 70.3 Å². The van der Waals surface area contributed by atoms with Crippen molar-refractivity contribution in [3.63, 3.8) is 0 Å². The Balaban J connectivity index is 1.46. The molecule has 4 atom stereocenters. The molecule has 0 aromatic heterocycles. The maximum atomic E-state index is 12.9. The van der Waals surface area contributed by atoms with Gasteiger partial charge in [-0.1, -0.05) is 36.4 Å². The first-order valence-corrected chi connectivity index (χ1v) is 14.8. The Morgan fingerprint density at radius 2 is 1.72 bits per heavy atom. The first-order valence-electron chi connectivity index (χ1n) is 14.8. The van der Waals surface area contributed by atoms with Crippen molar-refractivity contribution in [3.05, 3.63) is 65.2 Å². The van der Waals surface area contributed by atoms with Crippen LogP contribution in [0.2, 0.25) is 0 Å². The molecule has 3 N–H and O–H groups in total. The summed E-state index contributed by atoms with van der Waals surface area (Å²) in [6.07, 6.45) is 1.06. The van der Waals surface area contributed by atoms with Gasteiger partial charge in [0.1, 0.15) is 18.2 Å². The number of amides is 2. The molecule has 2 aromatic carbocycles. The number of hydrogen-bond donors (Lipinski definition) is 3. The van der Waals surface area contributed by atoms with E-state index < -0.39 is 23.9 Å². The van der Waals surface area contributed by atoms with E-state index in [9.17, 15) is 19.5 Å². The zero-order valence-electron chi connectivity index (χ0n) is 25.3. The highest BCUT2D eigenvalue weighted by atomic mass is 16.7. The number of anilines is 1. The minimum Gasteiger partial charge on any atom is -0.465 e. The molecule has 0 saturated carbocycles. The molecule has 2 aliphatic rings. The standard InChI is InChI=1S/C32H43N3O8/c1-5-40-28(37)18-33-31(39)34-24-14-12-23(13-15-24)30-41-25(17-27(42-30)22-10-8-21(20-36)9-11-22)19-35-16-6-7-26(35)29(38)43-32(2,3)4/h8-15,25-27,30,36H,5-7,16-20H2,1-4H3,(H2,33,34,39). The normalized spacial score (nSPS) is 22.5. The van der Waals surface area contributed by atoms with Gasteiger partial charge >= 0.3 is 18.0 Å². The van der Waals surface area contributed by atoms with Crippen LogP contribution >= 0.6 is 0 Å². The summed E-state index contributed by atoms with van der Waals surface area (Å²) < 4.78 is 23.4. The summed E-state index contributed by atoms with van der Waals surface area (Å²) in [6, 6.07) is 13.9. The predicted molar refractivity (Wildman–Crippen MR) is 159 cm³/mol. The fourth-order valence-corrected chi connectivity index (χ4v) is 5.24. The van der Waals surface area contributed by atoms with Crippen molar-refractivity contribution in [2.24, 2.45) is 0 Å². The molecule has 2 amide bonds. The highest BCUT2D eigenvalue weighted by Gasteiger charge is 2.38. The molecule has 2 fully saturated rings. The zero-order chi connectivity index (χ0) is 31.0. The van der Waals surface area contributed by atoms with Gasteiger partial charge in [0.25, 0.3) is 0 Å². The lowest BCUT2D eigenvalue weighted by Gasteiger charge is -2.38. The lowest BCUT2D eigenvalue weighted by atomic mass is 9.99. The number of carbonyl (C=O) groups excluding carboxylic acids is 3. The lowest BCUT2D eigenvalue weighted by molar-refractivity contribution is -0.253. The minimum atomic E-state index is -0.685. The van der Waals surface area contributed by atoms with E-state index in [1.165, 1.54) is 0 Å². The fraction of sp³-hybridized carbons (Fsp3) is 0.531. The molecule has 0 aliphatic carbocycles. The molecular formula is C32H43N3O8. The predicted octanol–water partition coefficient (Wildman–Crippen LogP) is 4.22. The summed E-state index contributed by atoms with van der Waals surface area (Å²) in [6.45, 7) is 8.63. The maximum absolute atomic E-state index is 12.9. The van der Waals surface area contributed by atoms with Crippen LogP contribution in [0.25, 0.3) is 0 Å². The molecule has 11 nitrogen and oxygen atoms in total. The highest BCUT2D eigenvalue weighted by Crippen LogP contribution is 2.39. The molecule has 2 aromatic rings. The number of carbonyl (C=O) groups is 3. The second kappa shape index (κ2) is 14.8. The number of benzene rings is 2. The topological polar surface area (TPSA) is 136 Å². The third kappa shape index (κ3) is 9.49. The molecule has 4 rings (SSSR count). The number of nitrogens with one attached hydrogen (secondary N) is 2. The van der Waals surface area contributed by atoms with Crippen LogP contribution in [0.3, 0.4) is 0 Å². The zero-order valence-corrected chi connectivity index (χ0v) is 25.3. The number of likely N-dealkylation sites (tertiary alicyclic amines) is 1. The summed E-state index contributed by atoms with van der Waals surface area (Å²) in [5.74, 6) is -0.722. The number of urea groups is 1. The van der Waals surface area contributed by atoms with Gasteiger partial charge in [0.2, 0.25) is 0 Å². The summed E-state index contributed by atoms with van der Waals surface area (Å²) in [4.78, 5) is 38.8. The van der Waals surface area contributed by atoms with E-state index in [1.54, 1.807) is 19.1 Å². The average molecular weight is 598 g/mol. The Labute approximate surface area is 252 Å². The van der Waals surface area contributed by atoms with E-state index in [1.807, 2.05) is 57.2 Å². The van der Waals surface area contributed by atoms with Crippen molar-refractivity contribution in [3.8, 4) is 0 Å². The molecule has 0 radical (unpaired) electrons. The van der Waals surface area contributed by atoms with Crippen LogP contribution in [0, 0.1) is 0 Å². The molecule has 234 valence electrons. The van der Waals surface area contributed by atoms with Crippen LogP contribution in [-0.2, 0) is 35.1 Å². The molecule has 0 bridgehead atoms. The van der Waals surface area contributed by atoms with Gasteiger partial charge in [-0.15, -0.1) is 0 Å². The third-order valence-corrected chi connectivity index (χ3v) is 7.23. The van der Waals surface area contributed by atoms with Crippen LogP contribution < -0.4 is 10.6 Å². The molecule has 2 saturated heterocycles. The number of hydrogen-bond acceptors (Lipinski definition) is 9. The van der Waals surface area contributed by atoms with Crippen LogP contribution in [0.5, 0.6) is 0 Å². The summed E-state index contributed by atoms with van der Waals surface area (Å²) in [5.41, 5.74) is 2.53.